The molecule has 3 rings (SSSR count). The van der Waals surface area contributed by atoms with E-state index in [4.69, 9.17) is 14.2 Å². The number of hydrogen-bond acceptors (Lipinski definition) is 6. The molecule has 0 spiro atoms. The van der Waals surface area contributed by atoms with Crippen molar-refractivity contribution in [3.63, 3.8) is 0 Å². The molecule has 2 heterocycles. The topological polar surface area (TPSA) is 87.1 Å². The highest BCUT2D eigenvalue weighted by Gasteiger charge is 2.30. The number of methoxy groups -OCH3 is 2. The van der Waals surface area contributed by atoms with Crippen LogP contribution >= 0.6 is 0 Å². The molecular formula is C25H32N2O6. The summed E-state index contributed by atoms with van der Waals surface area (Å²) < 4.78 is 17.6. The quantitative estimate of drug-likeness (QED) is 0.424. The Bertz CT molecular complexity index is 1020. The number of benzene rings is 1. The van der Waals surface area contributed by atoms with Crippen molar-refractivity contribution in [3.05, 3.63) is 52.3 Å². The molecule has 1 aromatic carbocycles. The zero-order chi connectivity index (χ0) is 24.1. The number of nitrogens with zero attached hydrogens (tertiary/aromatic N) is 2. The smallest absolute Gasteiger partial charge is 0.354 e. The molecule has 1 fully saturated rings. The molecule has 1 aliphatic rings. The molecule has 0 bridgehead atoms. The van der Waals surface area contributed by atoms with Gasteiger partial charge >= 0.3 is 5.97 Å². The first-order valence-corrected chi connectivity index (χ1v) is 11.2. The van der Waals surface area contributed by atoms with Crippen LogP contribution in [0.4, 0.5) is 0 Å². The van der Waals surface area contributed by atoms with E-state index in [2.05, 4.69) is 0 Å². The van der Waals surface area contributed by atoms with E-state index < -0.39 is 5.97 Å². The van der Waals surface area contributed by atoms with Gasteiger partial charge in [0.15, 0.2) is 5.78 Å². The second kappa shape index (κ2) is 10.7. The number of hydrogen-bond donors (Lipinski definition) is 0. The largest absolute Gasteiger partial charge is 0.497 e. The predicted molar refractivity (Wildman–Crippen MR) is 123 cm³/mol. The minimum absolute atomic E-state index is 0.104. The van der Waals surface area contributed by atoms with Crippen molar-refractivity contribution in [1.29, 1.82) is 0 Å². The highest BCUT2D eigenvalue weighted by Crippen LogP contribution is 2.25. The Hall–Kier alpha value is -3.13. The van der Waals surface area contributed by atoms with E-state index in [1.165, 1.54) is 7.11 Å². The van der Waals surface area contributed by atoms with Crippen LogP contribution in [0.5, 0.6) is 5.75 Å². The van der Waals surface area contributed by atoms with Gasteiger partial charge in [0, 0.05) is 36.5 Å². The van der Waals surface area contributed by atoms with Gasteiger partial charge in [0.25, 0.3) is 5.91 Å². The fraction of sp³-hybridized carbons (Fsp3) is 0.480. The van der Waals surface area contributed by atoms with Gasteiger partial charge in [-0.2, -0.15) is 0 Å². The lowest BCUT2D eigenvalue weighted by atomic mass is 10.0. The zero-order valence-corrected chi connectivity index (χ0v) is 20.0. The molecule has 1 saturated heterocycles. The Balaban J connectivity index is 1.92. The standard InChI is InChI=1S/C25H32N2O6/c1-6-27-17(3)22(16(2)23(27)25(30)32-5)21(28)15-26(14-20-8-7-13-33-20)24(29)18-9-11-19(31-4)12-10-18/h9-12,20H,6-8,13-15H2,1-5H3. The van der Waals surface area contributed by atoms with E-state index in [-0.39, 0.29) is 24.3 Å². The van der Waals surface area contributed by atoms with Crippen LogP contribution in [0.2, 0.25) is 0 Å². The average Bonchev–Trinajstić information content (AvgIpc) is 3.42. The number of ether oxygens (including phenoxy) is 3. The maximum atomic E-state index is 13.5. The lowest BCUT2D eigenvalue weighted by Gasteiger charge is -2.25. The SMILES string of the molecule is CCn1c(C)c(C(=O)CN(CC2CCCO2)C(=O)c2ccc(OC)cc2)c(C)c1C(=O)OC. The third-order valence-corrected chi connectivity index (χ3v) is 6.15. The molecule has 0 radical (unpaired) electrons. The van der Waals surface area contributed by atoms with Crippen LogP contribution in [0, 0.1) is 13.8 Å². The van der Waals surface area contributed by atoms with Crippen molar-refractivity contribution in [2.45, 2.75) is 46.3 Å². The molecule has 0 saturated carbocycles. The highest BCUT2D eigenvalue weighted by atomic mass is 16.5. The Morgan fingerprint density at radius 1 is 1.15 bits per heavy atom. The molecule has 33 heavy (non-hydrogen) atoms. The lowest BCUT2D eigenvalue weighted by molar-refractivity contribution is 0.0506. The molecule has 8 heteroatoms. The minimum Gasteiger partial charge on any atom is -0.497 e. The third kappa shape index (κ3) is 5.11. The second-order valence-corrected chi connectivity index (χ2v) is 8.14. The Morgan fingerprint density at radius 3 is 2.39 bits per heavy atom. The van der Waals surface area contributed by atoms with Crippen molar-refractivity contribution < 1.29 is 28.6 Å². The second-order valence-electron chi connectivity index (χ2n) is 8.14. The number of amides is 1. The number of ketones is 1. The van der Waals surface area contributed by atoms with E-state index >= 15 is 0 Å². The molecule has 8 nitrogen and oxygen atoms in total. The molecule has 178 valence electrons. The molecule has 1 amide bonds. The molecular weight excluding hydrogens is 424 g/mol. The summed E-state index contributed by atoms with van der Waals surface area (Å²) in [5.74, 6) is -0.306. The Kier molecular flexibility index (Phi) is 7.92. The van der Waals surface area contributed by atoms with E-state index in [9.17, 15) is 14.4 Å². The van der Waals surface area contributed by atoms with Gasteiger partial charge in [-0.1, -0.05) is 0 Å². The van der Waals surface area contributed by atoms with Crippen LogP contribution in [0.25, 0.3) is 0 Å². The first-order chi connectivity index (χ1) is 15.8. The van der Waals surface area contributed by atoms with Gasteiger partial charge in [-0.3, -0.25) is 9.59 Å². The summed E-state index contributed by atoms with van der Waals surface area (Å²) in [6.45, 7) is 6.86. The number of rotatable bonds is 9. The monoisotopic (exact) mass is 456 g/mol. The van der Waals surface area contributed by atoms with Crippen LogP contribution < -0.4 is 4.74 Å². The van der Waals surface area contributed by atoms with E-state index in [0.717, 1.165) is 12.8 Å². The van der Waals surface area contributed by atoms with E-state index in [0.29, 0.717) is 53.5 Å². The Labute approximate surface area is 194 Å². The van der Waals surface area contributed by atoms with Crippen LogP contribution in [0.1, 0.15) is 62.2 Å². The van der Waals surface area contributed by atoms with Gasteiger partial charge in [0.2, 0.25) is 0 Å². The molecule has 0 N–H and O–H groups in total. The van der Waals surface area contributed by atoms with Crippen LogP contribution in [-0.4, -0.2) is 67.1 Å². The van der Waals surface area contributed by atoms with Crippen LogP contribution in [0.3, 0.4) is 0 Å². The number of carbonyl (C=O) groups is 3. The lowest BCUT2D eigenvalue weighted by Crippen LogP contribution is -2.41. The maximum absolute atomic E-state index is 13.5. The summed E-state index contributed by atoms with van der Waals surface area (Å²) >= 11 is 0. The van der Waals surface area contributed by atoms with Gasteiger partial charge in [-0.05, 0) is 63.4 Å². The number of aromatic nitrogens is 1. The predicted octanol–water partition coefficient (Wildman–Crippen LogP) is 3.42. The van der Waals surface area contributed by atoms with Gasteiger partial charge in [-0.25, -0.2) is 4.79 Å². The molecule has 1 aromatic heterocycles. The van der Waals surface area contributed by atoms with Gasteiger partial charge < -0.3 is 23.7 Å². The summed E-state index contributed by atoms with van der Waals surface area (Å²) in [4.78, 5) is 40.7. The summed E-state index contributed by atoms with van der Waals surface area (Å²) in [5.41, 5.74) is 2.55. The van der Waals surface area contributed by atoms with Gasteiger partial charge in [0.05, 0.1) is 26.9 Å². The number of carbonyl (C=O) groups excluding carboxylic acids is 3. The van der Waals surface area contributed by atoms with Crippen LogP contribution in [0.15, 0.2) is 24.3 Å². The summed E-state index contributed by atoms with van der Waals surface area (Å²) in [6.07, 6.45) is 1.67. The summed E-state index contributed by atoms with van der Waals surface area (Å²) in [7, 11) is 2.89. The van der Waals surface area contributed by atoms with E-state index in [1.54, 1.807) is 47.8 Å². The first-order valence-electron chi connectivity index (χ1n) is 11.2. The normalized spacial score (nSPS) is 15.4. The fourth-order valence-electron chi connectivity index (χ4n) is 4.48. The number of esters is 1. The molecule has 2 aromatic rings. The van der Waals surface area contributed by atoms with Crippen molar-refractivity contribution in [1.82, 2.24) is 9.47 Å². The maximum Gasteiger partial charge on any atom is 0.354 e. The highest BCUT2D eigenvalue weighted by molar-refractivity contribution is 6.06. The summed E-state index contributed by atoms with van der Waals surface area (Å²) in [6, 6.07) is 6.82. The first kappa shape index (κ1) is 24.5. The summed E-state index contributed by atoms with van der Waals surface area (Å²) in [5, 5.41) is 0. The molecule has 1 atom stereocenters. The average molecular weight is 457 g/mol. The minimum atomic E-state index is -0.484. The third-order valence-electron chi connectivity index (χ3n) is 6.15. The van der Waals surface area contributed by atoms with Crippen molar-refractivity contribution >= 4 is 17.7 Å². The Morgan fingerprint density at radius 2 is 1.85 bits per heavy atom. The van der Waals surface area contributed by atoms with Crippen molar-refractivity contribution in [2.75, 3.05) is 33.9 Å². The molecule has 1 unspecified atom stereocenters. The van der Waals surface area contributed by atoms with Crippen molar-refractivity contribution in [2.24, 2.45) is 0 Å². The van der Waals surface area contributed by atoms with Crippen LogP contribution in [-0.2, 0) is 16.0 Å². The van der Waals surface area contributed by atoms with Crippen molar-refractivity contribution in [3.8, 4) is 5.75 Å². The van der Waals surface area contributed by atoms with Gasteiger partial charge in [-0.15, -0.1) is 0 Å². The van der Waals surface area contributed by atoms with E-state index in [1.807, 2.05) is 13.8 Å². The fourth-order valence-corrected chi connectivity index (χ4v) is 4.48. The zero-order valence-electron chi connectivity index (χ0n) is 20.0. The molecule has 0 aliphatic carbocycles. The number of Topliss-reactive ketones (excluding diaryl/α,β-unsaturated/α-hetero) is 1. The molecule has 1 aliphatic heterocycles. The van der Waals surface area contributed by atoms with Gasteiger partial charge in [0.1, 0.15) is 11.4 Å².